The minimum absolute atomic E-state index is 0.135. The molecule has 6 heteroatoms. The van der Waals surface area contributed by atoms with E-state index in [1.165, 1.54) is 25.7 Å². The van der Waals surface area contributed by atoms with Crippen molar-refractivity contribution in [3.05, 3.63) is 24.7 Å². The first kappa shape index (κ1) is 32.1. The molecule has 2 rings (SSSR count). The molecule has 0 unspecified atom stereocenters. The van der Waals surface area contributed by atoms with Crippen molar-refractivity contribution in [3.63, 3.8) is 0 Å². The molecular formula is C31H56O6. The number of allylic oxidation sites excluding steroid dienone is 2. The highest BCUT2D eigenvalue weighted by molar-refractivity contribution is 5.10. The Balaban J connectivity index is 2.04. The fraction of sp³-hybridized carbons (Fsp3) is 0.871. The smallest absolute Gasteiger partial charge is 0.111 e. The molecule has 216 valence electrons. The molecule has 2 aliphatic carbocycles. The van der Waals surface area contributed by atoms with Gasteiger partial charge in [0, 0.05) is 5.41 Å². The van der Waals surface area contributed by atoms with Crippen LogP contribution in [-0.2, 0) is 28.4 Å². The average Bonchev–Trinajstić information content (AvgIpc) is 2.89. The van der Waals surface area contributed by atoms with Crippen LogP contribution >= 0.6 is 0 Å². The molecule has 2 fully saturated rings. The van der Waals surface area contributed by atoms with Gasteiger partial charge in [-0.2, -0.15) is 0 Å². The second-order valence-corrected chi connectivity index (χ2v) is 11.6. The van der Waals surface area contributed by atoms with Crippen LogP contribution in [0.5, 0.6) is 0 Å². The van der Waals surface area contributed by atoms with Gasteiger partial charge in [-0.3, -0.25) is 0 Å². The normalized spacial score (nSPS) is 29.2. The highest BCUT2D eigenvalue weighted by Crippen LogP contribution is 2.57. The lowest BCUT2D eigenvalue weighted by Gasteiger charge is -2.60. The lowest BCUT2D eigenvalue weighted by atomic mass is 9.54. The van der Waals surface area contributed by atoms with Gasteiger partial charge in [0.2, 0.25) is 0 Å². The minimum Gasteiger partial charge on any atom is -0.499 e. The largest absolute Gasteiger partial charge is 0.499 e. The third kappa shape index (κ3) is 9.56. The molecule has 0 atom stereocenters. The van der Waals surface area contributed by atoms with Gasteiger partial charge in [0.05, 0.1) is 63.4 Å². The number of hydrogen-bond acceptors (Lipinski definition) is 6. The predicted molar refractivity (Wildman–Crippen MR) is 150 cm³/mol. The molecule has 2 aliphatic rings. The van der Waals surface area contributed by atoms with Crippen molar-refractivity contribution in [1.29, 1.82) is 0 Å². The third-order valence-electron chi connectivity index (χ3n) is 8.81. The van der Waals surface area contributed by atoms with Crippen molar-refractivity contribution in [2.45, 2.75) is 104 Å². The second kappa shape index (κ2) is 16.8. The van der Waals surface area contributed by atoms with Gasteiger partial charge in [-0.1, -0.05) is 39.8 Å². The third-order valence-corrected chi connectivity index (χ3v) is 8.81. The Hall–Kier alpha value is -1.08. The Bertz CT molecular complexity index is 588. The van der Waals surface area contributed by atoms with Crippen LogP contribution in [0.25, 0.3) is 0 Å². The molecule has 37 heavy (non-hydrogen) atoms. The van der Waals surface area contributed by atoms with Crippen molar-refractivity contribution < 1.29 is 28.4 Å². The van der Waals surface area contributed by atoms with E-state index in [1.807, 2.05) is 26.0 Å². The average molecular weight is 525 g/mol. The SMILES string of the molecule is CC=COCCOCCOC1(C(C)(C)C2(OCCOCCOC=CC)CCC(C)CC2)CCC(C)CC1. The van der Waals surface area contributed by atoms with E-state index < -0.39 is 0 Å². The fourth-order valence-electron chi connectivity index (χ4n) is 6.11. The Morgan fingerprint density at radius 1 is 0.595 bits per heavy atom. The standard InChI is InChI=1S/C31H56O6/c1-7-17-32-19-21-34-23-25-36-30(13-9-27(3)10-14-30)29(5,6)31(15-11-28(4)12-16-31)37-26-24-35-22-20-33-18-8-2/h7-8,17-18,27-28H,9-16,19-26H2,1-6H3. The van der Waals surface area contributed by atoms with E-state index in [0.29, 0.717) is 52.9 Å². The minimum atomic E-state index is -0.216. The van der Waals surface area contributed by atoms with Crippen molar-refractivity contribution in [3.8, 4) is 0 Å². The maximum atomic E-state index is 6.88. The van der Waals surface area contributed by atoms with Crippen LogP contribution in [0.2, 0.25) is 0 Å². The number of rotatable bonds is 18. The summed E-state index contributed by atoms with van der Waals surface area (Å²) in [4.78, 5) is 0. The molecule has 0 aromatic carbocycles. The molecule has 0 heterocycles. The van der Waals surface area contributed by atoms with E-state index in [0.717, 1.165) is 37.5 Å². The maximum absolute atomic E-state index is 6.88. The monoisotopic (exact) mass is 524 g/mol. The van der Waals surface area contributed by atoms with Gasteiger partial charge < -0.3 is 28.4 Å². The topological polar surface area (TPSA) is 55.4 Å². The van der Waals surface area contributed by atoms with Crippen molar-refractivity contribution in [2.24, 2.45) is 17.3 Å². The van der Waals surface area contributed by atoms with E-state index in [1.54, 1.807) is 12.5 Å². The Kier molecular flexibility index (Phi) is 14.6. The molecular weight excluding hydrogens is 468 g/mol. The summed E-state index contributed by atoms with van der Waals surface area (Å²) in [5, 5.41) is 0. The van der Waals surface area contributed by atoms with Crippen molar-refractivity contribution >= 4 is 0 Å². The van der Waals surface area contributed by atoms with E-state index in [2.05, 4.69) is 27.7 Å². The van der Waals surface area contributed by atoms with Gasteiger partial charge >= 0.3 is 0 Å². The first-order valence-electron chi connectivity index (χ1n) is 14.7. The molecule has 6 nitrogen and oxygen atoms in total. The van der Waals surface area contributed by atoms with E-state index in [-0.39, 0.29) is 16.6 Å². The summed E-state index contributed by atoms with van der Waals surface area (Å²) in [5.74, 6) is 1.49. The molecule has 0 saturated heterocycles. The number of hydrogen-bond donors (Lipinski definition) is 0. The van der Waals surface area contributed by atoms with Crippen LogP contribution in [0.4, 0.5) is 0 Å². The van der Waals surface area contributed by atoms with Crippen molar-refractivity contribution in [2.75, 3.05) is 52.9 Å². The summed E-state index contributed by atoms with van der Waals surface area (Å²) in [6.45, 7) is 18.1. The summed E-state index contributed by atoms with van der Waals surface area (Å²) in [5.41, 5.74) is -0.567. The van der Waals surface area contributed by atoms with Crippen LogP contribution in [-0.4, -0.2) is 64.1 Å². The van der Waals surface area contributed by atoms with E-state index >= 15 is 0 Å². The highest BCUT2D eigenvalue weighted by atomic mass is 16.6. The molecule has 0 bridgehead atoms. The molecule has 0 aromatic heterocycles. The second-order valence-electron chi connectivity index (χ2n) is 11.6. The molecule has 0 amide bonds. The van der Waals surface area contributed by atoms with Gasteiger partial charge in [-0.15, -0.1) is 0 Å². The zero-order valence-corrected chi connectivity index (χ0v) is 24.7. The van der Waals surface area contributed by atoms with Gasteiger partial charge in [0.25, 0.3) is 0 Å². The molecule has 0 radical (unpaired) electrons. The van der Waals surface area contributed by atoms with Crippen LogP contribution < -0.4 is 0 Å². The lowest BCUT2D eigenvalue weighted by molar-refractivity contribution is -0.252. The number of ether oxygens (including phenoxy) is 6. The van der Waals surface area contributed by atoms with E-state index in [4.69, 9.17) is 28.4 Å². The van der Waals surface area contributed by atoms with Crippen LogP contribution in [0.1, 0.15) is 92.9 Å². The Morgan fingerprint density at radius 2 is 0.946 bits per heavy atom. The first-order valence-corrected chi connectivity index (χ1v) is 14.7. The van der Waals surface area contributed by atoms with Gasteiger partial charge in [-0.25, -0.2) is 0 Å². The summed E-state index contributed by atoms with van der Waals surface area (Å²) in [7, 11) is 0. The highest BCUT2D eigenvalue weighted by Gasteiger charge is 2.59. The predicted octanol–water partition coefficient (Wildman–Crippen LogP) is 7.08. The fourth-order valence-corrected chi connectivity index (χ4v) is 6.11. The zero-order valence-electron chi connectivity index (χ0n) is 24.7. The molecule has 2 saturated carbocycles. The Morgan fingerprint density at radius 3 is 1.30 bits per heavy atom. The molecule has 0 aromatic rings. The summed E-state index contributed by atoms with van der Waals surface area (Å²) >= 11 is 0. The summed E-state index contributed by atoms with van der Waals surface area (Å²) in [6.07, 6.45) is 16.3. The first-order chi connectivity index (χ1) is 17.8. The van der Waals surface area contributed by atoms with E-state index in [9.17, 15) is 0 Å². The van der Waals surface area contributed by atoms with Crippen LogP contribution in [0, 0.1) is 17.3 Å². The van der Waals surface area contributed by atoms with Gasteiger partial charge in [-0.05, 0) is 77.0 Å². The van der Waals surface area contributed by atoms with Crippen molar-refractivity contribution in [1.82, 2.24) is 0 Å². The lowest BCUT2D eigenvalue weighted by Crippen LogP contribution is -2.63. The molecule has 0 aliphatic heterocycles. The quantitative estimate of drug-likeness (QED) is 0.141. The summed E-state index contributed by atoms with van der Waals surface area (Å²) in [6, 6.07) is 0. The zero-order chi connectivity index (χ0) is 27.0. The molecule has 0 spiro atoms. The Labute approximate surface area is 227 Å². The van der Waals surface area contributed by atoms with Crippen LogP contribution in [0.15, 0.2) is 24.7 Å². The van der Waals surface area contributed by atoms with Gasteiger partial charge in [0.1, 0.15) is 13.2 Å². The summed E-state index contributed by atoms with van der Waals surface area (Å²) < 4.78 is 36.1. The van der Waals surface area contributed by atoms with Crippen LogP contribution in [0.3, 0.4) is 0 Å². The molecule has 0 N–H and O–H groups in total. The maximum Gasteiger partial charge on any atom is 0.111 e. The van der Waals surface area contributed by atoms with Gasteiger partial charge in [0.15, 0.2) is 0 Å².